The molecule has 0 spiro atoms. The monoisotopic (exact) mass is 538 g/mol. The van der Waals surface area contributed by atoms with Crippen molar-refractivity contribution < 1.29 is 47.7 Å². The molecule has 14 nitrogen and oxygen atoms in total. The molecule has 0 saturated heterocycles. The standard InChI is InChI=1S/C24H30N2O12/c27-25(28)19-1-3-21-23(17-19)37-15-11-33-7-8-34-12-16-38-24-18-20(26(29)30)2-4-22(24)36-14-10-32-6-5-31-9-13-35-21/h1-4,17-18H,5-16H2. The number of nitro groups is 2. The first kappa shape index (κ1) is 28.8. The molecule has 14 heteroatoms. The van der Waals surface area contributed by atoms with E-state index in [1.54, 1.807) is 0 Å². The number of rotatable bonds is 2. The van der Waals surface area contributed by atoms with E-state index >= 15 is 0 Å². The van der Waals surface area contributed by atoms with Crippen molar-refractivity contribution in [2.75, 3.05) is 79.3 Å². The summed E-state index contributed by atoms with van der Waals surface area (Å²) >= 11 is 0. The van der Waals surface area contributed by atoms with Crippen LogP contribution in [0.1, 0.15) is 0 Å². The second-order valence-corrected chi connectivity index (χ2v) is 7.62. The highest BCUT2D eigenvalue weighted by atomic mass is 16.6. The number of benzene rings is 2. The molecule has 2 aromatic rings. The summed E-state index contributed by atoms with van der Waals surface area (Å²) in [5.41, 5.74) is -0.238. The van der Waals surface area contributed by atoms with Gasteiger partial charge in [-0.25, -0.2) is 0 Å². The minimum atomic E-state index is -0.513. The molecule has 0 saturated carbocycles. The number of nitrogens with zero attached hydrogens (tertiary/aromatic N) is 2. The molecule has 2 aromatic carbocycles. The third kappa shape index (κ3) is 9.97. The Morgan fingerprint density at radius 3 is 1.05 bits per heavy atom. The molecule has 0 N–H and O–H groups in total. The van der Waals surface area contributed by atoms with E-state index in [0.717, 1.165) is 0 Å². The number of hydrogen-bond acceptors (Lipinski definition) is 12. The molecule has 1 aliphatic heterocycles. The van der Waals surface area contributed by atoms with Gasteiger partial charge in [-0.2, -0.15) is 0 Å². The Labute approximate surface area is 218 Å². The van der Waals surface area contributed by atoms with E-state index in [9.17, 15) is 20.2 Å². The van der Waals surface area contributed by atoms with Crippen molar-refractivity contribution in [2.24, 2.45) is 0 Å². The van der Waals surface area contributed by atoms with Gasteiger partial charge in [-0.3, -0.25) is 20.2 Å². The van der Waals surface area contributed by atoms with Crippen LogP contribution >= 0.6 is 0 Å². The maximum absolute atomic E-state index is 11.1. The van der Waals surface area contributed by atoms with Crippen LogP contribution in [0.2, 0.25) is 0 Å². The number of ether oxygens (including phenoxy) is 8. The molecule has 0 aromatic heterocycles. The molecule has 3 rings (SSSR count). The number of hydrogen-bond donors (Lipinski definition) is 0. The number of non-ortho nitro benzene ring substituents is 2. The van der Waals surface area contributed by atoms with Crippen LogP contribution in [-0.2, 0) is 18.9 Å². The van der Waals surface area contributed by atoms with Gasteiger partial charge in [0.25, 0.3) is 11.4 Å². The van der Waals surface area contributed by atoms with Crippen LogP contribution in [0, 0.1) is 20.2 Å². The normalized spacial score (nSPS) is 17.1. The molecule has 0 aliphatic carbocycles. The molecule has 0 atom stereocenters. The van der Waals surface area contributed by atoms with Gasteiger partial charge in [-0.1, -0.05) is 0 Å². The summed E-state index contributed by atoms with van der Waals surface area (Å²) in [6, 6.07) is 8.23. The first-order valence-electron chi connectivity index (χ1n) is 11.9. The average molecular weight is 539 g/mol. The molecule has 0 amide bonds. The first-order chi connectivity index (χ1) is 18.5. The quantitative estimate of drug-likeness (QED) is 0.407. The Balaban J connectivity index is 1.54. The van der Waals surface area contributed by atoms with Gasteiger partial charge in [0.05, 0.1) is 74.8 Å². The predicted molar refractivity (Wildman–Crippen MR) is 131 cm³/mol. The second kappa shape index (κ2) is 16.2. The van der Waals surface area contributed by atoms with Crippen molar-refractivity contribution in [3.05, 3.63) is 56.6 Å². The molecule has 38 heavy (non-hydrogen) atoms. The average Bonchev–Trinajstić information content (AvgIpc) is 2.91. The largest absolute Gasteiger partial charge is 0.487 e. The molecular weight excluding hydrogens is 508 g/mol. The van der Waals surface area contributed by atoms with Crippen molar-refractivity contribution in [3.63, 3.8) is 0 Å². The number of fused-ring (bicyclic) bond motifs is 2. The summed E-state index contributed by atoms with van der Waals surface area (Å²) < 4.78 is 44.5. The molecule has 1 aliphatic rings. The van der Waals surface area contributed by atoms with E-state index in [4.69, 9.17) is 37.9 Å². The lowest BCUT2D eigenvalue weighted by atomic mass is 10.3. The zero-order valence-electron chi connectivity index (χ0n) is 20.7. The minimum Gasteiger partial charge on any atom is -0.487 e. The van der Waals surface area contributed by atoms with Crippen LogP contribution in [0.25, 0.3) is 0 Å². The van der Waals surface area contributed by atoms with Crippen molar-refractivity contribution in [3.8, 4) is 23.0 Å². The van der Waals surface area contributed by atoms with Gasteiger partial charge >= 0.3 is 0 Å². The highest BCUT2D eigenvalue weighted by Crippen LogP contribution is 2.32. The maximum Gasteiger partial charge on any atom is 0.273 e. The fourth-order valence-electron chi connectivity index (χ4n) is 3.17. The lowest BCUT2D eigenvalue weighted by molar-refractivity contribution is -0.385. The summed E-state index contributed by atoms with van der Waals surface area (Å²) in [7, 11) is 0. The van der Waals surface area contributed by atoms with E-state index in [0.29, 0.717) is 24.7 Å². The van der Waals surface area contributed by atoms with Crippen LogP contribution in [0.3, 0.4) is 0 Å². The van der Waals surface area contributed by atoms with Crippen LogP contribution in [0.5, 0.6) is 23.0 Å². The molecule has 0 bridgehead atoms. The molecule has 1 heterocycles. The van der Waals surface area contributed by atoms with Crippen molar-refractivity contribution in [1.82, 2.24) is 0 Å². The second-order valence-electron chi connectivity index (χ2n) is 7.62. The zero-order chi connectivity index (χ0) is 27.0. The Morgan fingerprint density at radius 2 is 0.737 bits per heavy atom. The topological polar surface area (TPSA) is 160 Å². The summed E-state index contributed by atoms with van der Waals surface area (Å²) in [6.07, 6.45) is 0. The maximum atomic E-state index is 11.1. The van der Waals surface area contributed by atoms with Crippen LogP contribution < -0.4 is 18.9 Å². The van der Waals surface area contributed by atoms with Crippen molar-refractivity contribution in [2.45, 2.75) is 0 Å². The lowest BCUT2D eigenvalue weighted by Crippen LogP contribution is -2.15. The summed E-state index contributed by atoms with van der Waals surface area (Å²) in [6.45, 7) is 2.86. The fraction of sp³-hybridized carbons (Fsp3) is 0.500. The van der Waals surface area contributed by atoms with Crippen molar-refractivity contribution >= 4 is 11.4 Å². The van der Waals surface area contributed by atoms with E-state index < -0.39 is 9.85 Å². The highest BCUT2D eigenvalue weighted by molar-refractivity contribution is 5.49. The Kier molecular flexibility index (Phi) is 12.3. The van der Waals surface area contributed by atoms with E-state index in [-0.39, 0.29) is 88.9 Å². The Hall–Kier alpha value is -3.72. The van der Waals surface area contributed by atoms with E-state index in [1.165, 1.54) is 36.4 Å². The van der Waals surface area contributed by atoms with Gasteiger partial charge < -0.3 is 37.9 Å². The van der Waals surface area contributed by atoms with E-state index in [2.05, 4.69) is 0 Å². The van der Waals surface area contributed by atoms with Gasteiger partial charge in [0.1, 0.15) is 26.4 Å². The Bertz CT molecular complexity index is 954. The van der Waals surface area contributed by atoms with Crippen LogP contribution in [0.15, 0.2) is 36.4 Å². The third-order valence-corrected chi connectivity index (χ3v) is 4.96. The van der Waals surface area contributed by atoms with Gasteiger partial charge in [0, 0.05) is 12.1 Å². The molecular formula is C24H30N2O12. The van der Waals surface area contributed by atoms with E-state index in [1.807, 2.05) is 0 Å². The molecule has 0 fully saturated rings. The minimum absolute atomic E-state index is 0.119. The number of nitro benzene ring substituents is 2. The summed E-state index contributed by atoms with van der Waals surface area (Å²) in [4.78, 5) is 21.2. The van der Waals surface area contributed by atoms with Gasteiger partial charge in [0.2, 0.25) is 0 Å². The van der Waals surface area contributed by atoms with Gasteiger partial charge in [-0.05, 0) is 12.1 Å². The van der Waals surface area contributed by atoms with Crippen molar-refractivity contribution in [1.29, 1.82) is 0 Å². The fourth-order valence-corrected chi connectivity index (χ4v) is 3.17. The van der Waals surface area contributed by atoms with Gasteiger partial charge in [-0.15, -0.1) is 0 Å². The van der Waals surface area contributed by atoms with Gasteiger partial charge in [0.15, 0.2) is 23.0 Å². The van der Waals surface area contributed by atoms with Crippen LogP contribution in [0.4, 0.5) is 11.4 Å². The first-order valence-corrected chi connectivity index (χ1v) is 11.9. The zero-order valence-corrected chi connectivity index (χ0v) is 20.7. The summed E-state index contributed by atoms with van der Waals surface area (Å²) in [5.74, 6) is 1.18. The van der Waals surface area contributed by atoms with Crippen LogP contribution in [-0.4, -0.2) is 89.1 Å². The Morgan fingerprint density at radius 1 is 0.447 bits per heavy atom. The molecule has 0 radical (unpaired) electrons. The summed E-state index contributed by atoms with van der Waals surface area (Å²) in [5, 5.41) is 22.2. The predicted octanol–water partition coefficient (Wildman–Crippen LogP) is 2.80. The molecule has 208 valence electrons. The smallest absolute Gasteiger partial charge is 0.273 e. The molecule has 0 unspecified atom stereocenters. The lowest BCUT2D eigenvalue weighted by Gasteiger charge is -2.14. The third-order valence-electron chi connectivity index (χ3n) is 4.96. The SMILES string of the molecule is O=[N+]([O-])c1ccc2c(c1)OCCOCCOCCOc1cc([N+](=O)[O-])ccc1OCCOCCOCCO2. The highest BCUT2D eigenvalue weighted by Gasteiger charge is 2.15.